The SMILES string of the molecule is COc1cc(CN)cc(Cl)c1OC(C)C(=O)N(C)C. The van der Waals surface area contributed by atoms with Crippen LogP contribution >= 0.6 is 11.6 Å². The fourth-order valence-corrected chi connectivity index (χ4v) is 1.87. The van der Waals surface area contributed by atoms with Crippen LogP contribution in [-0.4, -0.2) is 38.1 Å². The summed E-state index contributed by atoms with van der Waals surface area (Å²) in [5.41, 5.74) is 6.40. The van der Waals surface area contributed by atoms with Gasteiger partial charge in [0.2, 0.25) is 0 Å². The molecule has 0 bridgehead atoms. The zero-order valence-corrected chi connectivity index (χ0v) is 12.3. The van der Waals surface area contributed by atoms with Crippen molar-refractivity contribution in [3.05, 3.63) is 22.7 Å². The minimum atomic E-state index is -0.648. The van der Waals surface area contributed by atoms with Crippen LogP contribution in [0.2, 0.25) is 5.02 Å². The van der Waals surface area contributed by atoms with E-state index in [1.54, 1.807) is 33.2 Å². The summed E-state index contributed by atoms with van der Waals surface area (Å²) in [6.45, 7) is 2.01. The van der Waals surface area contributed by atoms with Gasteiger partial charge in [0, 0.05) is 20.6 Å². The molecule has 0 aliphatic heterocycles. The molecule has 0 spiro atoms. The number of carbonyl (C=O) groups excluding carboxylic acids is 1. The molecule has 0 fully saturated rings. The van der Waals surface area contributed by atoms with Gasteiger partial charge in [0.25, 0.3) is 5.91 Å². The first-order valence-corrected chi connectivity index (χ1v) is 6.22. The summed E-state index contributed by atoms with van der Waals surface area (Å²) in [5, 5.41) is 0.373. The third-order valence-electron chi connectivity index (χ3n) is 2.61. The normalized spacial score (nSPS) is 11.9. The van der Waals surface area contributed by atoms with Crippen molar-refractivity contribution in [3.63, 3.8) is 0 Å². The predicted molar refractivity (Wildman–Crippen MR) is 74.7 cm³/mol. The Kier molecular flexibility index (Phi) is 5.44. The summed E-state index contributed by atoms with van der Waals surface area (Å²) in [7, 11) is 4.84. The maximum atomic E-state index is 11.8. The maximum absolute atomic E-state index is 11.8. The number of hydrogen-bond donors (Lipinski definition) is 1. The number of nitrogens with zero attached hydrogens (tertiary/aromatic N) is 1. The molecule has 0 heterocycles. The molecular weight excluding hydrogens is 268 g/mol. The number of rotatable bonds is 5. The molecule has 6 heteroatoms. The van der Waals surface area contributed by atoms with Crippen LogP contribution in [0.1, 0.15) is 12.5 Å². The topological polar surface area (TPSA) is 64.8 Å². The molecule has 1 aromatic carbocycles. The van der Waals surface area contributed by atoms with E-state index < -0.39 is 6.10 Å². The molecule has 1 rings (SSSR count). The van der Waals surface area contributed by atoms with E-state index in [0.29, 0.717) is 23.1 Å². The molecule has 1 aromatic rings. The van der Waals surface area contributed by atoms with Crippen molar-refractivity contribution >= 4 is 17.5 Å². The summed E-state index contributed by atoms with van der Waals surface area (Å²) in [6.07, 6.45) is -0.648. The van der Waals surface area contributed by atoms with Crippen molar-refractivity contribution in [1.29, 1.82) is 0 Å². The fourth-order valence-electron chi connectivity index (χ4n) is 1.60. The van der Waals surface area contributed by atoms with Crippen molar-refractivity contribution in [2.75, 3.05) is 21.2 Å². The summed E-state index contributed by atoms with van der Waals surface area (Å²) in [5.74, 6) is 0.663. The molecular formula is C13H19ClN2O3. The molecule has 5 nitrogen and oxygen atoms in total. The molecule has 1 unspecified atom stereocenters. The van der Waals surface area contributed by atoms with Crippen LogP contribution in [0.5, 0.6) is 11.5 Å². The molecule has 19 heavy (non-hydrogen) atoms. The van der Waals surface area contributed by atoms with Gasteiger partial charge in [-0.25, -0.2) is 0 Å². The van der Waals surface area contributed by atoms with Crippen LogP contribution < -0.4 is 15.2 Å². The smallest absolute Gasteiger partial charge is 0.262 e. The number of carbonyl (C=O) groups is 1. The number of benzene rings is 1. The second kappa shape index (κ2) is 6.63. The first kappa shape index (κ1) is 15.6. The molecule has 1 atom stereocenters. The molecule has 106 valence electrons. The first-order chi connectivity index (χ1) is 8.90. The Morgan fingerprint density at radius 3 is 2.58 bits per heavy atom. The zero-order chi connectivity index (χ0) is 14.6. The van der Waals surface area contributed by atoms with Gasteiger partial charge < -0.3 is 20.1 Å². The Bertz CT molecular complexity index is 463. The lowest BCUT2D eigenvalue weighted by Gasteiger charge is -2.20. The fraction of sp³-hybridized carbons (Fsp3) is 0.462. The number of ether oxygens (including phenoxy) is 2. The van der Waals surface area contributed by atoms with E-state index >= 15 is 0 Å². The molecule has 2 N–H and O–H groups in total. The van der Waals surface area contributed by atoms with Gasteiger partial charge in [0.15, 0.2) is 17.6 Å². The van der Waals surface area contributed by atoms with Crippen molar-refractivity contribution in [2.24, 2.45) is 5.73 Å². The van der Waals surface area contributed by atoms with Gasteiger partial charge in [-0.3, -0.25) is 4.79 Å². The third-order valence-corrected chi connectivity index (χ3v) is 2.89. The summed E-state index contributed by atoms with van der Waals surface area (Å²) in [4.78, 5) is 13.2. The second-order valence-electron chi connectivity index (χ2n) is 4.31. The van der Waals surface area contributed by atoms with Gasteiger partial charge in [0.05, 0.1) is 12.1 Å². The quantitative estimate of drug-likeness (QED) is 0.894. The van der Waals surface area contributed by atoms with E-state index in [9.17, 15) is 4.79 Å². The van der Waals surface area contributed by atoms with Crippen molar-refractivity contribution in [3.8, 4) is 11.5 Å². The minimum Gasteiger partial charge on any atom is -0.493 e. The predicted octanol–water partition coefficient (Wildman–Crippen LogP) is 1.66. The average molecular weight is 287 g/mol. The first-order valence-electron chi connectivity index (χ1n) is 5.85. The Labute approximate surface area is 118 Å². The summed E-state index contributed by atoms with van der Waals surface area (Å²) < 4.78 is 10.8. The third kappa shape index (κ3) is 3.75. The number of likely N-dealkylation sites (N-methyl/N-ethyl adjacent to an activating group) is 1. The summed E-state index contributed by atoms with van der Waals surface area (Å²) in [6, 6.07) is 3.44. The molecule has 0 saturated carbocycles. The van der Waals surface area contributed by atoms with Gasteiger partial charge in [0.1, 0.15) is 0 Å². The number of amides is 1. The molecule has 0 aliphatic rings. The average Bonchev–Trinajstić information content (AvgIpc) is 2.39. The zero-order valence-electron chi connectivity index (χ0n) is 11.6. The highest BCUT2D eigenvalue weighted by Crippen LogP contribution is 2.37. The number of hydrogen-bond acceptors (Lipinski definition) is 4. The van der Waals surface area contributed by atoms with Gasteiger partial charge >= 0.3 is 0 Å². The molecule has 0 aliphatic carbocycles. The molecule has 1 amide bonds. The molecule has 0 radical (unpaired) electrons. The highest BCUT2D eigenvalue weighted by molar-refractivity contribution is 6.32. The summed E-state index contributed by atoms with van der Waals surface area (Å²) >= 11 is 6.13. The lowest BCUT2D eigenvalue weighted by molar-refractivity contribution is -0.135. The van der Waals surface area contributed by atoms with Gasteiger partial charge in [-0.2, -0.15) is 0 Å². The monoisotopic (exact) mass is 286 g/mol. The Morgan fingerprint density at radius 2 is 2.11 bits per heavy atom. The van der Waals surface area contributed by atoms with Crippen LogP contribution in [0, 0.1) is 0 Å². The van der Waals surface area contributed by atoms with Crippen molar-refractivity contribution in [2.45, 2.75) is 19.6 Å². The van der Waals surface area contributed by atoms with E-state index in [1.165, 1.54) is 12.0 Å². The van der Waals surface area contributed by atoms with Gasteiger partial charge in [-0.15, -0.1) is 0 Å². The van der Waals surface area contributed by atoms with Crippen LogP contribution in [0.3, 0.4) is 0 Å². The Hall–Kier alpha value is -1.46. The highest BCUT2D eigenvalue weighted by Gasteiger charge is 2.20. The minimum absolute atomic E-state index is 0.152. The van der Waals surface area contributed by atoms with Crippen molar-refractivity contribution in [1.82, 2.24) is 4.90 Å². The van der Waals surface area contributed by atoms with Crippen LogP contribution in [0.25, 0.3) is 0 Å². The molecule has 0 aromatic heterocycles. The largest absolute Gasteiger partial charge is 0.493 e. The van der Waals surface area contributed by atoms with E-state index in [4.69, 9.17) is 26.8 Å². The van der Waals surface area contributed by atoms with Gasteiger partial charge in [-0.05, 0) is 24.6 Å². The number of nitrogens with two attached hydrogens (primary N) is 1. The lowest BCUT2D eigenvalue weighted by Crippen LogP contribution is -2.35. The van der Waals surface area contributed by atoms with Crippen LogP contribution in [-0.2, 0) is 11.3 Å². The van der Waals surface area contributed by atoms with E-state index in [0.717, 1.165) is 5.56 Å². The van der Waals surface area contributed by atoms with Crippen LogP contribution in [0.4, 0.5) is 0 Å². The highest BCUT2D eigenvalue weighted by atomic mass is 35.5. The van der Waals surface area contributed by atoms with E-state index in [-0.39, 0.29) is 5.91 Å². The Morgan fingerprint density at radius 1 is 1.47 bits per heavy atom. The number of methoxy groups -OCH3 is 1. The Balaban J connectivity index is 3.03. The maximum Gasteiger partial charge on any atom is 0.262 e. The van der Waals surface area contributed by atoms with Crippen molar-refractivity contribution < 1.29 is 14.3 Å². The van der Waals surface area contributed by atoms with Crippen LogP contribution in [0.15, 0.2) is 12.1 Å². The lowest BCUT2D eigenvalue weighted by atomic mass is 10.2. The molecule has 0 saturated heterocycles. The van der Waals surface area contributed by atoms with E-state index in [2.05, 4.69) is 0 Å². The standard InChI is InChI=1S/C13H19ClN2O3/c1-8(13(17)16(2)3)19-12-10(14)5-9(7-15)6-11(12)18-4/h5-6,8H,7,15H2,1-4H3. The number of halogens is 1. The van der Waals surface area contributed by atoms with E-state index in [1.807, 2.05) is 0 Å². The van der Waals surface area contributed by atoms with Gasteiger partial charge in [-0.1, -0.05) is 11.6 Å². The second-order valence-corrected chi connectivity index (χ2v) is 4.71.